The fraction of sp³-hybridized carbons (Fsp3) is 0.167. The predicted molar refractivity (Wildman–Crippen MR) is 93.7 cm³/mol. The van der Waals surface area contributed by atoms with Crippen LogP contribution in [0.4, 0.5) is 0 Å². The van der Waals surface area contributed by atoms with E-state index in [-0.39, 0.29) is 12.5 Å². The molecule has 0 saturated heterocycles. The molecule has 4 rings (SSSR count). The molecule has 0 radical (unpaired) electrons. The van der Waals surface area contributed by atoms with Crippen LogP contribution in [-0.4, -0.2) is 30.9 Å². The summed E-state index contributed by atoms with van der Waals surface area (Å²) in [5, 5.41) is 16.9. The zero-order valence-electron chi connectivity index (χ0n) is 13.9. The average Bonchev–Trinajstić information content (AvgIpc) is 3.36. The van der Waals surface area contributed by atoms with Gasteiger partial charge in [-0.1, -0.05) is 24.3 Å². The van der Waals surface area contributed by atoms with Crippen LogP contribution >= 0.6 is 0 Å². The van der Waals surface area contributed by atoms with Crippen LogP contribution in [0.25, 0.3) is 22.4 Å². The van der Waals surface area contributed by atoms with Gasteiger partial charge in [-0.2, -0.15) is 5.10 Å². The fourth-order valence-corrected chi connectivity index (χ4v) is 2.62. The number of nitrogens with zero attached hydrogens (tertiary/aromatic N) is 5. The first-order chi connectivity index (χ1) is 12.8. The molecule has 1 N–H and O–H groups in total. The smallest absolute Gasteiger partial charge is 0.266 e. The number of aryl methyl sites for hydroxylation is 1. The van der Waals surface area contributed by atoms with Crippen molar-refractivity contribution in [3.8, 4) is 11.6 Å². The van der Waals surface area contributed by atoms with E-state index in [1.54, 1.807) is 17.1 Å². The number of amides is 1. The van der Waals surface area contributed by atoms with E-state index in [4.69, 9.17) is 4.42 Å². The number of benzene rings is 1. The van der Waals surface area contributed by atoms with Crippen molar-refractivity contribution in [1.29, 1.82) is 0 Å². The number of hydrogen-bond acceptors (Lipinski definition) is 6. The highest BCUT2D eigenvalue weighted by atomic mass is 16.4. The highest BCUT2D eigenvalue weighted by molar-refractivity contribution is 5.92. The summed E-state index contributed by atoms with van der Waals surface area (Å²) in [5.74, 6) is 0.563. The topological polar surface area (TPSA) is 98.7 Å². The summed E-state index contributed by atoms with van der Waals surface area (Å²) in [6.45, 7) is 0.698. The summed E-state index contributed by atoms with van der Waals surface area (Å²) in [5.41, 5.74) is 0.631. The number of carbonyl (C=O) groups is 1. The lowest BCUT2D eigenvalue weighted by Gasteiger charge is -2.03. The minimum absolute atomic E-state index is 0.108. The average molecular weight is 348 g/mol. The number of hydrogen-bond donors (Lipinski definition) is 1. The van der Waals surface area contributed by atoms with Crippen LogP contribution in [0, 0.1) is 0 Å². The van der Waals surface area contributed by atoms with Gasteiger partial charge in [0, 0.05) is 36.9 Å². The van der Waals surface area contributed by atoms with E-state index in [1.807, 2.05) is 42.6 Å². The van der Waals surface area contributed by atoms with E-state index in [1.165, 1.54) is 0 Å². The Kier molecular flexibility index (Phi) is 4.38. The summed E-state index contributed by atoms with van der Waals surface area (Å²) in [6.07, 6.45) is 5.53. The van der Waals surface area contributed by atoms with Gasteiger partial charge in [-0.05, 0) is 17.5 Å². The molecule has 0 atom stereocenters. The number of carbonyl (C=O) groups excluding carboxylic acids is 1. The summed E-state index contributed by atoms with van der Waals surface area (Å²) in [4.78, 5) is 16.3. The number of rotatable bonds is 6. The van der Waals surface area contributed by atoms with Crippen LogP contribution in [0.3, 0.4) is 0 Å². The quantitative estimate of drug-likeness (QED) is 0.573. The second kappa shape index (κ2) is 7.14. The van der Waals surface area contributed by atoms with Gasteiger partial charge in [-0.25, -0.2) is 0 Å². The Hall–Kier alpha value is -3.55. The molecule has 0 aliphatic carbocycles. The molecule has 0 unspecified atom stereocenters. The zero-order chi connectivity index (χ0) is 17.8. The lowest BCUT2D eigenvalue weighted by atomic mass is 10.1. The van der Waals surface area contributed by atoms with Crippen LogP contribution in [0.15, 0.2) is 59.4 Å². The molecule has 0 fully saturated rings. The lowest BCUT2D eigenvalue weighted by molar-refractivity contribution is -0.121. The maximum absolute atomic E-state index is 11.9. The molecule has 0 saturated carbocycles. The molecule has 8 heteroatoms. The molecule has 130 valence electrons. The van der Waals surface area contributed by atoms with Crippen LogP contribution in [0.5, 0.6) is 0 Å². The molecular formula is C18H16N6O2. The number of nitrogens with one attached hydrogen (secondary N) is 1. The van der Waals surface area contributed by atoms with Gasteiger partial charge < -0.3 is 9.73 Å². The van der Waals surface area contributed by atoms with Crippen molar-refractivity contribution in [2.45, 2.75) is 19.5 Å². The Balaban J connectivity index is 1.41. The van der Waals surface area contributed by atoms with Crippen molar-refractivity contribution >= 4 is 16.7 Å². The fourth-order valence-electron chi connectivity index (χ4n) is 2.62. The summed E-state index contributed by atoms with van der Waals surface area (Å²) >= 11 is 0. The molecule has 26 heavy (non-hydrogen) atoms. The van der Waals surface area contributed by atoms with Crippen molar-refractivity contribution in [1.82, 2.24) is 30.3 Å². The van der Waals surface area contributed by atoms with Gasteiger partial charge in [0.25, 0.3) is 5.89 Å². The maximum Gasteiger partial charge on any atom is 0.266 e. The normalized spacial score (nSPS) is 10.9. The second-order valence-corrected chi connectivity index (χ2v) is 5.68. The van der Waals surface area contributed by atoms with Gasteiger partial charge in [0.2, 0.25) is 11.8 Å². The van der Waals surface area contributed by atoms with E-state index in [9.17, 15) is 4.79 Å². The van der Waals surface area contributed by atoms with Crippen LogP contribution in [-0.2, 0) is 17.9 Å². The standard InChI is InChI=1S/C18H16N6O2/c25-15(7-11-24-10-3-8-21-24)20-12-16-22-23-18(26-16)17-14-5-2-1-4-13(14)6-9-19-17/h1-6,8-10H,7,11-12H2,(H,20,25). The molecule has 3 aromatic heterocycles. The first-order valence-corrected chi connectivity index (χ1v) is 8.20. The van der Waals surface area contributed by atoms with Crippen LogP contribution < -0.4 is 5.32 Å². The first kappa shape index (κ1) is 15.9. The molecule has 0 aliphatic rings. The highest BCUT2D eigenvalue weighted by Gasteiger charge is 2.13. The van der Waals surface area contributed by atoms with Crippen LogP contribution in [0.1, 0.15) is 12.3 Å². The molecule has 1 amide bonds. The van der Waals surface area contributed by atoms with E-state index < -0.39 is 0 Å². The molecular weight excluding hydrogens is 332 g/mol. The molecule has 0 aliphatic heterocycles. The number of aromatic nitrogens is 5. The third-order valence-electron chi connectivity index (χ3n) is 3.91. The molecule has 8 nitrogen and oxygen atoms in total. The number of pyridine rings is 1. The number of fused-ring (bicyclic) bond motifs is 1. The van der Waals surface area contributed by atoms with E-state index in [0.29, 0.717) is 30.4 Å². The molecule has 0 bridgehead atoms. The van der Waals surface area contributed by atoms with E-state index >= 15 is 0 Å². The minimum Gasteiger partial charge on any atom is -0.417 e. The summed E-state index contributed by atoms with van der Waals surface area (Å²) < 4.78 is 7.37. The van der Waals surface area contributed by atoms with Crippen LogP contribution in [0.2, 0.25) is 0 Å². The SMILES string of the molecule is O=C(CCn1cccn1)NCc1nnc(-c2nccc3ccccc23)o1. The highest BCUT2D eigenvalue weighted by Crippen LogP contribution is 2.25. The molecule has 4 aromatic rings. The Bertz CT molecular complexity index is 1020. The van der Waals surface area contributed by atoms with Gasteiger partial charge in [0.1, 0.15) is 5.69 Å². The van der Waals surface area contributed by atoms with Crippen molar-refractivity contribution in [3.05, 3.63) is 60.9 Å². The van der Waals surface area contributed by atoms with Gasteiger partial charge in [0.15, 0.2) is 0 Å². The second-order valence-electron chi connectivity index (χ2n) is 5.68. The maximum atomic E-state index is 11.9. The van der Waals surface area contributed by atoms with Gasteiger partial charge in [-0.15, -0.1) is 10.2 Å². The summed E-state index contributed by atoms with van der Waals surface area (Å²) in [7, 11) is 0. The third kappa shape index (κ3) is 3.44. The van der Waals surface area contributed by atoms with Gasteiger partial charge >= 0.3 is 0 Å². The van der Waals surface area contributed by atoms with Gasteiger partial charge in [-0.3, -0.25) is 14.5 Å². The Labute approximate surface area is 148 Å². The van der Waals surface area contributed by atoms with E-state index in [0.717, 1.165) is 10.8 Å². The van der Waals surface area contributed by atoms with Crippen molar-refractivity contribution in [2.24, 2.45) is 0 Å². The largest absolute Gasteiger partial charge is 0.417 e. The predicted octanol–water partition coefficient (Wildman–Crippen LogP) is 2.19. The monoisotopic (exact) mass is 348 g/mol. The summed E-state index contributed by atoms with van der Waals surface area (Å²) in [6, 6.07) is 11.6. The molecule has 0 spiro atoms. The van der Waals surface area contributed by atoms with Crippen molar-refractivity contribution in [2.75, 3.05) is 0 Å². The Morgan fingerprint density at radius 1 is 1.12 bits per heavy atom. The van der Waals surface area contributed by atoms with Crippen molar-refractivity contribution in [3.63, 3.8) is 0 Å². The van der Waals surface area contributed by atoms with Crippen molar-refractivity contribution < 1.29 is 9.21 Å². The first-order valence-electron chi connectivity index (χ1n) is 8.20. The lowest BCUT2D eigenvalue weighted by Crippen LogP contribution is -2.24. The molecule has 3 heterocycles. The Morgan fingerprint density at radius 3 is 2.92 bits per heavy atom. The third-order valence-corrected chi connectivity index (χ3v) is 3.91. The minimum atomic E-state index is -0.108. The molecule has 1 aromatic carbocycles. The zero-order valence-corrected chi connectivity index (χ0v) is 13.9. The van der Waals surface area contributed by atoms with E-state index in [2.05, 4.69) is 25.6 Å². The van der Waals surface area contributed by atoms with Gasteiger partial charge in [0.05, 0.1) is 6.54 Å². The Morgan fingerprint density at radius 2 is 2.04 bits per heavy atom.